The molecule has 0 aliphatic carbocycles. The van der Waals surface area contributed by atoms with Crippen molar-refractivity contribution in [1.82, 2.24) is 19.9 Å². The molecule has 9 heteroatoms. The number of ether oxygens (including phenoxy) is 1. The number of nitro groups is 1. The van der Waals surface area contributed by atoms with Crippen LogP contribution >= 0.6 is 0 Å². The van der Waals surface area contributed by atoms with Crippen molar-refractivity contribution in [3.05, 3.63) is 52.7 Å². The molecule has 0 aliphatic rings. The monoisotopic (exact) mass is 301 g/mol. The van der Waals surface area contributed by atoms with Gasteiger partial charge in [0.15, 0.2) is 0 Å². The molecule has 0 N–H and O–H groups in total. The van der Waals surface area contributed by atoms with Crippen molar-refractivity contribution in [2.45, 2.75) is 6.54 Å². The van der Waals surface area contributed by atoms with E-state index in [0.717, 1.165) is 5.56 Å². The number of aromatic nitrogens is 4. The van der Waals surface area contributed by atoms with E-state index in [0.29, 0.717) is 17.5 Å². The largest absolute Gasteiger partial charge is 0.497 e. The van der Waals surface area contributed by atoms with Crippen LogP contribution in [0.1, 0.15) is 5.89 Å². The molecule has 0 aliphatic heterocycles. The smallest absolute Gasteiger partial charge is 0.307 e. The first-order valence-electron chi connectivity index (χ1n) is 6.29. The summed E-state index contributed by atoms with van der Waals surface area (Å²) >= 11 is 0. The van der Waals surface area contributed by atoms with Gasteiger partial charge in [0.1, 0.15) is 24.7 Å². The normalized spacial score (nSPS) is 10.6. The van der Waals surface area contributed by atoms with Crippen molar-refractivity contribution in [1.29, 1.82) is 0 Å². The molecule has 0 bridgehead atoms. The molecular weight excluding hydrogens is 290 g/mol. The quantitative estimate of drug-likeness (QED) is 0.523. The summed E-state index contributed by atoms with van der Waals surface area (Å²) in [5.74, 6) is 1.40. The minimum absolute atomic E-state index is 0.0902. The second-order valence-corrected chi connectivity index (χ2v) is 4.40. The van der Waals surface area contributed by atoms with Crippen LogP contribution < -0.4 is 4.74 Å². The molecule has 22 heavy (non-hydrogen) atoms. The van der Waals surface area contributed by atoms with Gasteiger partial charge in [-0.25, -0.2) is 0 Å². The van der Waals surface area contributed by atoms with Crippen LogP contribution in [-0.4, -0.2) is 32.0 Å². The highest BCUT2D eigenvalue weighted by Crippen LogP contribution is 2.21. The van der Waals surface area contributed by atoms with Gasteiger partial charge in [-0.05, 0) is 12.1 Å². The fraction of sp³-hybridized carbons (Fsp3) is 0.154. The Balaban J connectivity index is 1.79. The summed E-state index contributed by atoms with van der Waals surface area (Å²) in [4.78, 5) is 14.3. The number of benzene rings is 1. The number of methoxy groups -OCH3 is 1. The second-order valence-electron chi connectivity index (χ2n) is 4.40. The standard InChI is InChI=1S/C13H11N5O4/c1-21-11-4-2-3-9(5-11)13-15-12(22-16-13)8-17-7-10(6-14-17)18(19)20/h2-7H,8H2,1H3. The van der Waals surface area contributed by atoms with Crippen molar-refractivity contribution >= 4 is 5.69 Å². The zero-order valence-electron chi connectivity index (χ0n) is 11.5. The van der Waals surface area contributed by atoms with Crippen molar-refractivity contribution < 1.29 is 14.2 Å². The molecule has 112 valence electrons. The zero-order valence-corrected chi connectivity index (χ0v) is 11.5. The topological polar surface area (TPSA) is 109 Å². The van der Waals surface area contributed by atoms with Crippen LogP contribution in [0, 0.1) is 10.1 Å². The summed E-state index contributed by atoms with van der Waals surface area (Å²) < 4.78 is 11.6. The summed E-state index contributed by atoms with van der Waals surface area (Å²) in [7, 11) is 1.57. The molecule has 2 heterocycles. The lowest BCUT2D eigenvalue weighted by atomic mass is 10.2. The van der Waals surface area contributed by atoms with Crippen molar-refractivity contribution in [3.63, 3.8) is 0 Å². The predicted octanol–water partition coefficient (Wildman–Crippen LogP) is 1.90. The highest BCUT2D eigenvalue weighted by molar-refractivity contribution is 5.56. The molecule has 0 spiro atoms. The molecule has 3 rings (SSSR count). The summed E-state index contributed by atoms with van der Waals surface area (Å²) in [6, 6.07) is 7.25. The molecule has 1 aromatic carbocycles. The van der Waals surface area contributed by atoms with Crippen molar-refractivity contribution in [2.75, 3.05) is 7.11 Å². The van der Waals surface area contributed by atoms with Gasteiger partial charge < -0.3 is 9.26 Å². The van der Waals surface area contributed by atoms with Crippen LogP contribution in [0.3, 0.4) is 0 Å². The highest BCUT2D eigenvalue weighted by atomic mass is 16.6. The Morgan fingerprint density at radius 3 is 3.05 bits per heavy atom. The van der Waals surface area contributed by atoms with Gasteiger partial charge in [0.05, 0.1) is 12.0 Å². The molecule has 0 unspecified atom stereocenters. The number of rotatable bonds is 5. The molecule has 0 radical (unpaired) electrons. The van der Waals surface area contributed by atoms with Gasteiger partial charge in [0.25, 0.3) is 0 Å². The van der Waals surface area contributed by atoms with E-state index in [2.05, 4.69) is 15.2 Å². The minimum Gasteiger partial charge on any atom is -0.497 e. The van der Waals surface area contributed by atoms with E-state index < -0.39 is 4.92 Å². The van der Waals surface area contributed by atoms with Gasteiger partial charge in [-0.15, -0.1) is 0 Å². The van der Waals surface area contributed by atoms with Crippen molar-refractivity contribution in [3.8, 4) is 17.1 Å². The Morgan fingerprint density at radius 2 is 2.32 bits per heavy atom. The Hall–Kier alpha value is -3.23. The zero-order chi connectivity index (χ0) is 15.5. The predicted molar refractivity (Wildman–Crippen MR) is 74.3 cm³/mol. The maximum absolute atomic E-state index is 10.6. The maximum Gasteiger partial charge on any atom is 0.307 e. The molecule has 0 atom stereocenters. The van der Waals surface area contributed by atoms with E-state index in [4.69, 9.17) is 9.26 Å². The summed E-state index contributed by atoms with van der Waals surface area (Å²) in [5.41, 5.74) is 0.660. The first-order chi connectivity index (χ1) is 10.7. The van der Waals surface area contributed by atoms with Gasteiger partial charge >= 0.3 is 5.69 Å². The highest BCUT2D eigenvalue weighted by Gasteiger charge is 2.13. The number of nitrogens with zero attached hydrogens (tertiary/aromatic N) is 5. The fourth-order valence-corrected chi connectivity index (χ4v) is 1.87. The number of hydrogen-bond donors (Lipinski definition) is 0. The molecule has 0 saturated heterocycles. The van der Waals surface area contributed by atoms with Crippen molar-refractivity contribution in [2.24, 2.45) is 0 Å². The lowest BCUT2D eigenvalue weighted by molar-refractivity contribution is -0.385. The van der Waals surface area contributed by atoms with E-state index in [1.807, 2.05) is 18.2 Å². The molecule has 2 aromatic heterocycles. The second kappa shape index (κ2) is 5.64. The van der Waals surface area contributed by atoms with E-state index in [1.165, 1.54) is 17.1 Å². The SMILES string of the molecule is COc1cccc(-c2noc(Cn3cc([N+](=O)[O-])cn3)n2)c1. The lowest BCUT2D eigenvalue weighted by Crippen LogP contribution is -2.00. The van der Waals surface area contributed by atoms with Gasteiger partial charge in [-0.2, -0.15) is 10.1 Å². The third-order valence-electron chi connectivity index (χ3n) is 2.92. The molecular formula is C13H11N5O4. The third-order valence-corrected chi connectivity index (χ3v) is 2.92. The van der Waals surface area contributed by atoms with Gasteiger partial charge in [0, 0.05) is 5.56 Å². The van der Waals surface area contributed by atoms with Crippen LogP contribution in [-0.2, 0) is 6.54 Å². The van der Waals surface area contributed by atoms with Crippen LogP contribution in [0.25, 0.3) is 11.4 Å². The molecule has 3 aromatic rings. The van der Waals surface area contributed by atoms with Crippen LogP contribution in [0.5, 0.6) is 5.75 Å². The summed E-state index contributed by atoms with van der Waals surface area (Å²) in [5, 5.41) is 18.4. The molecule has 0 fully saturated rings. The Bertz CT molecular complexity index is 810. The average molecular weight is 301 g/mol. The van der Waals surface area contributed by atoms with Gasteiger partial charge in [-0.1, -0.05) is 17.3 Å². The summed E-state index contributed by atoms with van der Waals surface area (Å²) in [6.07, 6.45) is 2.47. The summed E-state index contributed by atoms with van der Waals surface area (Å²) in [6.45, 7) is 0.158. The van der Waals surface area contributed by atoms with Crippen LogP contribution in [0.15, 0.2) is 41.2 Å². The number of hydrogen-bond acceptors (Lipinski definition) is 7. The maximum atomic E-state index is 10.6. The first kappa shape index (κ1) is 13.7. The van der Waals surface area contributed by atoms with E-state index in [1.54, 1.807) is 13.2 Å². The Kier molecular flexibility index (Phi) is 3.52. The average Bonchev–Trinajstić information content (AvgIpc) is 3.17. The minimum atomic E-state index is -0.515. The lowest BCUT2D eigenvalue weighted by Gasteiger charge is -1.99. The van der Waals surface area contributed by atoms with E-state index in [9.17, 15) is 10.1 Å². The van der Waals surface area contributed by atoms with Crippen LogP contribution in [0.2, 0.25) is 0 Å². The van der Waals surface area contributed by atoms with E-state index >= 15 is 0 Å². The molecule has 0 saturated carbocycles. The molecule has 9 nitrogen and oxygen atoms in total. The first-order valence-corrected chi connectivity index (χ1v) is 6.29. The van der Waals surface area contributed by atoms with Gasteiger partial charge in [-0.3, -0.25) is 14.8 Å². The molecule has 0 amide bonds. The Morgan fingerprint density at radius 1 is 1.45 bits per heavy atom. The fourth-order valence-electron chi connectivity index (χ4n) is 1.87. The van der Waals surface area contributed by atoms with Crippen LogP contribution in [0.4, 0.5) is 5.69 Å². The Labute approximate surface area is 124 Å². The van der Waals surface area contributed by atoms with Gasteiger partial charge in [0.2, 0.25) is 11.7 Å². The third kappa shape index (κ3) is 2.77. The van der Waals surface area contributed by atoms with E-state index in [-0.39, 0.29) is 12.2 Å².